The Balaban J connectivity index is 2.74. The van der Waals surface area contributed by atoms with Gasteiger partial charge in [0.05, 0.1) is 25.0 Å². The number of aromatic nitrogens is 2. The van der Waals surface area contributed by atoms with Gasteiger partial charge >= 0.3 is 0 Å². The van der Waals surface area contributed by atoms with E-state index in [-0.39, 0.29) is 30.2 Å². The Hall–Kier alpha value is -1.11. The SMILES string of the molecule is CC(C)(CCCO)CNc1cnn(CCO)c(=O)c1Cl. The molecule has 0 unspecified atom stereocenters. The van der Waals surface area contributed by atoms with Crippen LogP contribution in [0.2, 0.25) is 5.02 Å². The van der Waals surface area contributed by atoms with Gasteiger partial charge in [0.15, 0.2) is 0 Å². The minimum absolute atomic E-state index is 0.0218. The lowest BCUT2D eigenvalue weighted by Gasteiger charge is -2.25. The Morgan fingerprint density at radius 1 is 1.40 bits per heavy atom. The summed E-state index contributed by atoms with van der Waals surface area (Å²) in [6.45, 7) is 4.90. The first-order chi connectivity index (χ1) is 9.41. The van der Waals surface area contributed by atoms with Crippen molar-refractivity contribution >= 4 is 17.3 Å². The number of aliphatic hydroxyl groups excluding tert-OH is 2. The Bertz CT molecular complexity index is 488. The number of anilines is 1. The highest BCUT2D eigenvalue weighted by molar-refractivity contribution is 6.32. The molecule has 0 aliphatic carbocycles. The number of rotatable bonds is 8. The van der Waals surface area contributed by atoms with Crippen molar-refractivity contribution in [3.63, 3.8) is 0 Å². The summed E-state index contributed by atoms with van der Waals surface area (Å²) in [5, 5.41) is 24.8. The highest BCUT2D eigenvalue weighted by atomic mass is 35.5. The smallest absolute Gasteiger partial charge is 0.287 e. The van der Waals surface area contributed by atoms with Gasteiger partial charge in [-0.15, -0.1) is 0 Å². The largest absolute Gasteiger partial charge is 0.396 e. The number of nitrogens with zero attached hydrogens (tertiary/aromatic N) is 2. The maximum Gasteiger partial charge on any atom is 0.287 e. The van der Waals surface area contributed by atoms with Gasteiger partial charge in [-0.05, 0) is 18.3 Å². The molecular formula is C13H22ClN3O3. The van der Waals surface area contributed by atoms with Crippen molar-refractivity contribution < 1.29 is 10.2 Å². The predicted octanol–water partition coefficient (Wildman–Crippen LogP) is 1.10. The monoisotopic (exact) mass is 303 g/mol. The van der Waals surface area contributed by atoms with Crippen LogP contribution >= 0.6 is 11.6 Å². The summed E-state index contributed by atoms with van der Waals surface area (Å²) >= 11 is 6.01. The van der Waals surface area contributed by atoms with Crippen molar-refractivity contribution in [1.82, 2.24) is 9.78 Å². The Morgan fingerprint density at radius 2 is 2.10 bits per heavy atom. The molecule has 1 heterocycles. The number of halogens is 1. The van der Waals surface area contributed by atoms with Crippen molar-refractivity contribution in [3.8, 4) is 0 Å². The standard InChI is InChI=1S/C13H22ClN3O3/c1-13(2,4-3-6-18)9-15-10-8-16-17(5-7-19)12(20)11(10)14/h8,15,18-19H,3-7,9H2,1-2H3. The van der Waals surface area contributed by atoms with E-state index < -0.39 is 5.56 Å². The zero-order valence-corrected chi connectivity index (χ0v) is 12.7. The summed E-state index contributed by atoms with van der Waals surface area (Å²) in [7, 11) is 0. The minimum atomic E-state index is -0.418. The molecule has 1 aromatic heterocycles. The minimum Gasteiger partial charge on any atom is -0.396 e. The maximum atomic E-state index is 11.9. The maximum absolute atomic E-state index is 11.9. The van der Waals surface area contributed by atoms with E-state index in [9.17, 15) is 4.79 Å². The van der Waals surface area contributed by atoms with Crippen LogP contribution in [0.1, 0.15) is 26.7 Å². The van der Waals surface area contributed by atoms with Gasteiger partial charge in [-0.1, -0.05) is 25.4 Å². The van der Waals surface area contributed by atoms with Crippen LogP contribution in [0.3, 0.4) is 0 Å². The predicted molar refractivity (Wildman–Crippen MR) is 79.2 cm³/mol. The van der Waals surface area contributed by atoms with E-state index in [1.165, 1.54) is 6.20 Å². The van der Waals surface area contributed by atoms with Gasteiger partial charge in [-0.3, -0.25) is 4.79 Å². The first-order valence-electron chi connectivity index (χ1n) is 6.62. The van der Waals surface area contributed by atoms with Gasteiger partial charge in [0, 0.05) is 13.2 Å². The van der Waals surface area contributed by atoms with Crippen LogP contribution in [0.15, 0.2) is 11.0 Å². The van der Waals surface area contributed by atoms with Crippen molar-refractivity contribution in [1.29, 1.82) is 0 Å². The molecule has 0 aliphatic rings. The van der Waals surface area contributed by atoms with Gasteiger partial charge in [-0.2, -0.15) is 5.10 Å². The molecule has 0 amide bonds. The topological polar surface area (TPSA) is 87.4 Å². The van der Waals surface area contributed by atoms with Crippen LogP contribution < -0.4 is 10.9 Å². The quantitative estimate of drug-likeness (QED) is 0.669. The van der Waals surface area contributed by atoms with Crippen LogP contribution in [-0.4, -0.2) is 39.8 Å². The second-order valence-corrected chi connectivity index (χ2v) is 5.85. The zero-order valence-electron chi connectivity index (χ0n) is 11.9. The van der Waals surface area contributed by atoms with Gasteiger partial charge < -0.3 is 15.5 Å². The van der Waals surface area contributed by atoms with Gasteiger partial charge in [0.2, 0.25) is 0 Å². The lowest BCUT2D eigenvalue weighted by atomic mass is 9.88. The molecule has 3 N–H and O–H groups in total. The Kier molecular flexibility index (Phi) is 6.45. The van der Waals surface area contributed by atoms with E-state index in [0.717, 1.165) is 17.5 Å². The van der Waals surface area contributed by atoms with Gasteiger partial charge in [0.1, 0.15) is 5.02 Å². The lowest BCUT2D eigenvalue weighted by Crippen LogP contribution is -2.28. The van der Waals surface area contributed by atoms with Crippen LogP contribution in [0.5, 0.6) is 0 Å². The fourth-order valence-electron chi connectivity index (χ4n) is 1.82. The third-order valence-electron chi connectivity index (χ3n) is 3.07. The molecule has 7 heteroatoms. The first-order valence-corrected chi connectivity index (χ1v) is 7.00. The summed E-state index contributed by atoms with van der Waals surface area (Å²) in [6, 6.07) is 0. The van der Waals surface area contributed by atoms with Crippen molar-refractivity contribution in [2.24, 2.45) is 5.41 Å². The molecule has 20 heavy (non-hydrogen) atoms. The molecule has 0 spiro atoms. The van der Waals surface area contributed by atoms with Crippen molar-refractivity contribution in [2.75, 3.05) is 25.1 Å². The molecule has 1 aromatic rings. The van der Waals surface area contributed by atoms with Crippen LogP contribution in [0.25, 0.3) is 0 Å². The molecule has 0 bridgehead atoms. The van der Waals surface area contributed by atoms with E-state index in [4.69, 9.17) is 21.8 Å². The second-order valence-electron chi connectivity index (χ2n) is 5.47. The second kappa shape index (κ2) is 7.61. The average molecular weight is 304 g/mol. The molecule has 0 fully saturated rings. The number of nitrogens with one attached hydrogen (secondary N) is 1. The summed E-state index contributed by atoms with van der Waals surface area (Å²) < 4.78 is 1.13. The van der Waals surface area contributed by atoms with Crippen molar-refractivity contribution in [2.45, 2.75) is 33.2 Å². The molecule has 0 radical (unpaired) electrons. The molecule has 0 aliphatic heterocycles. The van der Waals surface area contributed by atoms with Gasteiger partial charge in [0.25, 0.3) is 5.56 Å². The van der Waals surface area contributed by atoms with Gasteiger partial charge in [-0.25, -0.2) is 4.68 Å². The molecule has 0 aromatic carbocycles. The van der Waals surface area contributed by atoms with Crippen LogP contribution in [0, 0.1) is 5.41 Å². The highest BCUT2D eigenvalue weighted by Crippen LogP contribution is 2.24. The molecule has 1 rings (SSSR count). The third-order valence-corrected chi connectivity index (χ3v) is 3.43. The van der Waals surface area contributed by atoms with Crippen molar-refractivity contribution in [3.05, 3.63) is 21.6 Å². The molecule has 0 atom stereocenters. The average Bonchev–Trinajstić information content (AvgIpc) is 2.41. The summed E-state index contributed by atoms with van der Waals surface area (Å²) in [5.41, 5.74) is 0.0493. The summed E-state index contributed by atoms with van der Waals surface area (Å²) in [5.74, 6) is 0. The number of hydrogen-bond donors (Lipinski definition) is 3. The third kappa shape index (κ3) is 4.77. The van der Waals surface area contributed by atoms with E-state index in [2.05, 4.69) is 24.3 Å². The van der Waals surface area contributed by atoms with Crippen LogP contribution in [-0.2, 0) is 6.54 Å². The zero-order chi connectivity index (χ0) is 15.2. The Labute approximate surface area is 123 Å². The number of hydrogen-bond acceptors (Lipinski definition) is 5. The summed E-state index contributed by atoms with van der Waals surface area (Å²) in [4.78, 5) is 11.9. The number of aliphatic hydroxyl groups is 2. The molecule has 114 valence electrons. The normalized spacial score (nSPS) is 11.7. The highest BCUT2D eigenvalue weighted by Gasteiger charge is 2.18. The van der Waals surface area contributed by atoms with E-state index in [1.54, 1.807) is 0 Å². The van der Waals surface area contributed by atoms with Crippen LogP contribution in [0.4, 0.5) is 5.69 Å². The Morgan fingerprint density at radius 3 is 2.70 bits per heavy atom. The van der Waals surface area contributed by atoms with E-state index in [0.29, 0.717) is 12.2 Å². The molecule has 0 saturated heterocycles. The molecule has 0 saturated carbocycles. The first kappa shape index (κ1) is 16.9. The fraction of sp³-hybridized carbons (Fsp3) is 0.692. The lowest BCUT2D eigenvalue weighted by molar-refractivity contribution is 0.248. The summed E-state index contributed by atoms with van der Waals surface area (Å²) in [6.07, 6.45) is 3.09. The molecule has 6 nitrogen and oxygen atoms in total. The fourth-order valence-corrected chi connectivity index (χ4v) is 2.04. The molecular weight excluding hydrogens is 282 g/mol. The van der Waals surface area contributed by atoms with E-state index in [1.807, 2.05) is 0 Å². The van der Waals surface area contributed by atoms with E-state index >= 15 is 0 Å².